The van der Waals surface area contributed by atoms with E-state index in [9.17, 15) is 4.79 Å². The Morgan fingerprint density at radius 3 is 2.58 bits per heavy atom. The van der Waals surface area contributed by atoms with E-state index in [4.69, 9.17) is 4.74 Å². The van der Waals surface area contributed by atoms with Crippen LogP contribution in [0.3, 0.4) is 0 Å². The SMILES string of the molecule is CC(=O)c1ccccc1OCCN(C)CCC(C)C. The second kappa shape index (κ2) is 7.95. The Hall–Kier alpha value is -1.35. The van der Waals surface area contributed by atoms with Crippen molar-refractivity contribution in [2.75, 3.05) is 26.7 Å². The number of hydrogen-bond donors (Lipinski definition) is 0. The lowest BCUT2D eigenvalue weighted by Gasteiger charge is -2.18. The Morgan fingerprint density at radius 2 is 1.95 bits per heavy atom. The van der Waals surface area contributed by atoms with E-state index in [0.29, 0.717) is 17.9 Å². The van der Waals surface area contributed by atoms with Crippen LogP contribution in [0.25, 0.3) is 0 Å². The van der Waals surface area contributed by atoms with Gasteiger partial charge in [0, 0.05) is 6.54 Å². The molecule has 0 aliphatic carbocycles. The molecule has 0 heterocycles. The van der Waals surface area contributed by atoms with Crippen molar-refractivity contribution in [3.8, 4) is 5.75 Å². The Morgan fingerprint density at radius 1 is 1.26 bits per heavy atom. The molecule has 0 atom stereocenters. The van der Waals surface area contributed by atoms with Crippen molar-refractivity contribution in [3.05, 3.63) is 29.8 Å². The van der Waals surface area contributed by atoms with E-state index in [1.807, 2.05) is 18.2 Å². The van der Waals surface area contributed by atoms with Gasteiger partial charge in [-0.05, 0) is 45.0 Å². The molecule has 0 aromatic heterocycles. The average Bonchev–Trinajstić information content (AvgIpc) is 2.36. The maximum atomic E-state index is 11.5. The number of Topliss-reactive ketones (excluding diaryl/α,β-unsaturated/α-hetero) is 1. The second-order valence-electron chi connectivity index (χ2n) is 5.39. The summed E-state index contributed by atoms with van der Waals surface area (Å²) < 4.78 is 5.71. The summed E-state index contributed by atoms with van der Waals surface area (Å²) in [5.41, 5.74) is 0.660. The van der Waals surface area contributed by atoms with Crippen LogP contribution in [0.5, 0.6) is 5.75 Å². The number of rotatable bonds is 8. The molecule has 0 N–H and O–H groups in total. The van der Waals surface area contributed by atoms with E-state index in [1.54, 1.807) is 13.0 Å². The summed E-state index contributed by atoms with van der Waals surface area (Å²) in [7, 11) is 2.10. The third kappa shape index (κ3) is 5.88. The number of ketones is 1. The monoisotopic (exact) mass is 263 g/mol. The summed E-state index contributed by atoms with van der Waals surface area (Å²) in [6.45, 7) is 8.59. The van der Waals surface area contributed by atoms with Crippen LogP contribution in [0.1, 0.15) is 37.6 Å². The standard InChI is InChI=1S/C16H25NO2/c1-13(2)9-10-17(4)11-12-19-16-8-6-5-7-15(16)14(3)18/h5-8,13H,9-12H2,1-4H3. The summed E-state index contributed by atoms with van der Waals surface area (Å²) in [5, 5.41) is 0. The molecule has 0 aliphatic heterocycles. The second-order valence-corrected chi connectivity index (χ2v) is 5.39. The first-order chi connectivity index (χ1) is 9.00. The Bertz CT molecular complexity index is 401. The van der Waals surface area contributed by atoms with Crippen molar-refractivity contribution in [1.29, 1.82) is 0 Å². The molecular weight excluding hydrogens is 238 g/mol. The molecule has 0 saturated heterocycles. The lowest BCUT2D eigenvalue weighted by atomic mass is 10.1. The molecule has 1 rings (SSSR count). The van der Waals surface area contributed by atoms with E-state index >= 15 is 0 Å². The Labute approximate surface area is 116 Å². The maximum absolute atomic E-state index is 11.5. The number of carbonyl (C=O) groups is 1. The number of benzene rings is 1. The third-order valence-electron chi connectivity index (χ3n) is 3.09. The van der Waals surface area contributed by atoms with Gasteiger partial charge in [-0.15, -0.1) is 0 Å². The normalized spacial score (nSPS) is 11.1. The van der Waals surface area contributed by atoms with Crippen LogP contribution in [-0.2, 0) is 0 Å². The molecule has 0 fully saturated rings. The minimum Gasteiger partial charge on any atom is -0.491 e. The lowest BCUT2D eigenvalue weighted by molar-refractivity contribution is 0.101. The molecule has 0 amide bonds. The van der Waals surface area contributed by atoms with Gasteiger partial charge >= 0.3 is 0 Å². The highest BCUT2D eigenvalue weighted by molar-refractivity contribution is 5.96. The summed E-state index contributed by atoms with van der Waals surface area (Å²) in [6.07, 6.45) is 1.19. The quantitative estimate of drug-likeness (QED) is 0.674. The fourth-order valence-electron chi connectivity index (χ4n) is 1.79. The third-order valence-corrected chi connectivity index (χ3v) is 3.09. The smallest absolute Gasteiger partial charge is 0.163 e. The zero-order valence-electron chi connectivity index (χ0n) is 12.5. The van der Waals surface area contributed by atoms with Crippen LogP contribution in [0.2, 0.25) is 0 Å². The van der Waals surface area contributed by atoms with Crippen molar-refractivity contribution in [1.82, 2.24) is 4.90 Å². The van der Waals surface area contributed by atoms with Crippen molar-refractivity contribution in [2.45, 2.75) is 27.2 Å². The predicted molar refractivity (Wildman–Crippen MR) is 78.9 cm³/mol. The lowest BCUT2D eigenvalue weighted by Crippen LogP contribution is -2.26. The minimum absolute atomic E-state index is 0.0452. The fraction of sp³-hybridized carbons (Fsp3) is 0.562. The van der Waals surface area contributed by atoms with Crippen molar-refractivity contribution in [3.63, 3.8) is 0 Å². The van der Waals surface area contributed by atoms with E-state index < -0.39 is 0 Å². The zero-order chi connectivity index (χ0) is 14.3. The van der Waals surface area contributed by atoms with Gasteiger partial charge in [0.15, 0.2) is 5.78 Å². The molecule has 106 valence electrons. The first-order valence-corrected chi connectivity index (χ1v) is 6.92. The van der Waals surface area contributed by atoms with Gasteiger partial charge in [-0.2, -0.15) is 0 Å². The van der Waals surface area contributed by atoms with Gasteiger partial charge < -0.3 is 9.64 Å². The van der Waals surface area contributed by atoms with Crippen LogP contribution in [0.15, 0.2) is 24.3 Å². The molecular formula is C16H25NO2. The van der Waals surface area contributed by atoms with Crippen LogP contribution < -0.4 is 4.74 Å². The largest absolute Gasteiger partial charge is 0.491 e. The van der Waals surface area contributed by atoms with Crippen LogP contribution >= 0.6 is 0 Å². The molecule has 3 nitrogen and oxygen atoms in total. The first-order valence-electron chi connectivity index (χ1n) is 6.92. The van der Waals surface area contributed by atoms with E-state index in [-0.39, 0.29) is 5.78 Å². The molecule has 0 saturated carbocycles. The van der Waals surface area contributed by atoms with Gasteiger partial charge in [-0.3, -0.25) is 4.79 Å². The zero-order valence-corrected chi connectivity index (χ0v) is 12.5. The molecule has 0 unspecified atom stereocenters. The molecule has 0 bridgehead atoms. The van der Waals surface area contributed by atoms with Gasteiger partial charge in [0.25, 0.3) is 0 Å². The highest BCUT2D eigenvalue weighted by Crippen LogP contribution is 2.18. The van der Waals surface area contributed by atoms with Gasteiger partial charge in [0.1, 0.15) is 12.4 Å². The summed E-state index contributed by atoms with van der Waals surface area (Å²) in [5.74, 6) is 1.46. The van der Waals surface area contributed by atoms with Gasteiger partial charge in [0.2, 0.25) is 0 Å². The average molecular weight is 263 g/mol. The number of carbonyl (C=O) groups excluding carboxylic acids is 1. The Kier molecular flexibility index (Phi) is 6.57. The molecule has 1 aromatic carbocycles. The number of hydrogen-bond acceptors (Lipinski definition) is 3. The van der Waals surface area contributed by atoms with E-state index in [0.717, 1.165) is 19.0 Å². The predicted octanol–water partition coefficient (Wildman–Crippen LogP) is 3.25. The van der Waals surface area contributed by atoms with E-state index in [2.05, 4.69) is 25.8 Å². The number of ether oxygens (including phenoxy) is 1. The first kappa shape index (κ1) is 15.7. The van der Waals surface area contributed by atoms with Gasteiger partial charge in [-0.25, -0.2) is 0 Å². The molecule has 0 radical (unpaired) electrons. The molecule has 1 aromatic rings. The molecule has 0 aliphatic rings. The Balaban J connectivity index is 2.39. The van der Waals surface area contributed by atoms with Crippen molar-refractivity contribution >= 4 is 5.78 Å². The highest BCUT2D eigenvalue weighted by Gasteiger charge is 2.07. The van der Waals surface area contributed by atoms with Crippen LogP contribution in [0.4, 0.5) is 0 Å². The van der Waals surface area contributed by atoms with Crippen LogP contribution in [0, 0.1) is 5.92 Å². The summed E-state index contributed by atoms with van der Waals surface area (Å²) in [6, 6.07) is 7.41. The fourth-order valence-corrected chi connectivity index (χ4v) is 1.79. The molecule has 3 heteroatoms. The van der Waals surface area contributed by atoms with Crippen LogP contribution in [-0.4, -0.2) is 37.4 Å². The number of likely N-dealkylation sites (N-methyl/N-ethyl adjacent to an activating group) is 1. The molecule has 0 spiro atoms. The minimum atomic E-state index is 0.0452. The van der Waals surface area contributed by atoms with Gasteiger partial charge in [-0.1, -0.05) is 26.0 Å². The number of para-hydroxylation sites is 1. The van der Waals surface area contributed by atoms with Crippen molar-refractivity contribution in [2.24, 2.45) is 5.92 Å². The number of nitrogens with zero attached hydrogens (tertiary/aromatic N) is 1. The maximum Gasteiger partial charge on any atom is 0.163 e. The summed E-state index contributed by atoms with van der Waals surface area (Å²) in [4.78, 5) is 13.7. The highest BCUT2D eigenvalue weighted by atomic mass is 16.5. The molecule has 19 heavy (non-hydrogen) atoms. The van der Waals surface area contributed by atoms with Crippen molar-refractivity contribution < 1.29 is 9.53 Å². The van der Waals surface area contributed by atoms with Gasteiger partial charge in [0.05, 0.1) is 5.56 Å². The van der Waals surface area contributed by atoms with E-state index in [1.165, 1.54) is 6.42 Å². The topological polar surface area (TPSA) is 29.5 Å². The summed E-state index contributed by atoms with van der Waals surface area (Å²) >= 11 is 0.